The van der Waals surface area contributed by atoms with Crippen LogP contribution in [-0.4, -0.2) is 39.9 Å². The second-order valence-electron chi connectivity index (χ2n) is 8.45. The normalized spacial score (nSPS) is 27.9. The number of hydrogen-bond donors (Lipinski definition) is 1. The molecule has 1 aromatic carbocycles. The minimum atomic E-state index is -0.951. The highest BCUT2D eigenvalue weighted by atomic mass is 16.5. The topological polar surface area (TPSA) is 71.5 Å². The molecule has 3 aliphatic rings. The molecule has 1 saturated carbocycles. The number of nitrogens with zero attached hydrogens (tertiary/aromatic N) is 2. The van der Waals surface area contributed by atoms with Crippen LogP contribution >= 0.6 is 0 Å². The Hall–Kier alpha value is -2.47. The van der Waals surface area contributed by atoms with Gasteiger partial charge in [-0.2, -0.15) is 0 Å². The molecule has 3 unspecified atom stereocenters. The summed E-state index contributed by atoms with van der Waals surface area (Å²) in [6.07, 6.45) is 4.37. The summed E-state index contributed by atoms with van der Waals surface area (Å²) in [5.74, 6) is -0.383. The van der Waals surface area contributed by atoms with Crippen molar-refractivity contribution in [3.8, 4) is 0 Å². The van der Waals surface area contributed by atoms with Crippen LogP contribution in [0.5, 0.6) is 0 Å². The average Bonchev–Trinajstić information content (AvgIpc) is 3.38. The molecule has 1 aromatic heterocycles. The number of ether oxygens (including phenoxy) is 1. The van der Waals surface area contributed by atoms with Crippen LogP contribution in [0.25, 0.3) is 10.9 Å². The molecule has 2 aromatic rings. The van der Waals surface area contributed by atoms with Crippen LogP contribution in [0.2, 0.25) is 0 Å². The second-order valence-corrected chi connectivity index (χ2v) is 8.45. The maximum Gasteiger partial charge on any atom is 0.258 e. The molecular formula is C22H25N3O3. The number of aromatic nitrogens is 1. The molecule has 1 aliphatic carbocycles. The van der Waals surface area contributed by atoms with Crippen molar-refractivity contribution in [2.75, 3.05) is 6.61 Å². The van der Waals surface area contributed by atoms with Gasteiger partial charge in [-0.1, -0.05) is 38.0 Å². The van der Waals surface area contributed by atoms with Crippen LogP contribution in [0, 0.1) is 5.92 Å². The minimum Gasteiger partial charge on any atom is -0.378 e. The quantitative estimate of drug-likeness (QED) is 0.886. The third-order valence-electron chi connectivity index (χ3n) is 6.79. The molecule has 2 aliphatic heterocycles. The fraction of sp³-hybridized carbons (Fsp3) is 0.500. The monoisotopic (exact) mass is 379 g/mol. The van der Waals surface area contributed by atoms with Gasteiger partial charge in [0.25, 0.3) is 5.91 Å². The summed E-state index contributed by atoms with van der Waals surface area (Å²) < 4.78 is 6.08. The maximum absolute atomic E-state index is 13.3. The highest BCUT2D eigenvalue weighted by Gasteiger charge is 2.60. The van der Waals surface area contributed by atoms with E-state index in [-0.39, 0.29) is 23.8 Å². The van der Waals surface area contributed by atoms with Crippen molar-refractivity contribution < 1.29 is 14.3 Å². The van der Waals surface area contributed by atoms with Gasteiger partial charge in [-0.15, -0.1) is 0 Å². The number of hydrogen-bond acceptors (Lipinski definition) is 4. The molecule has 146 valence electrons. The van der Waals surface area contributed by atoms with E-state index < -0.39 is 11.7 Å². The van der Waals surface area contributed by atoms with Gasteiger partial charge in [0.05, 0.1) is 29.5 Å². The predicted octanol–water partition coefficient (Wildman–Crippen LogP) is 3.17. The molecule has 6 heteroatoms. The summed E-state index contributed by atoms with van der Waals surface area (Å²) in [5, 5.41) is 3.95. The molecule has 1 N–H and O–H groups in total. The molecule has 0 spiro atoms. The number of para-hydroxylation sites is 1. The van der Waals surface area contributed by atoms with E-state index in [0.717, 1.165) is 23.7 Å². The first kappa shape index (κ1) is 17.6. The number of carbonyl (C=O) groups is 2. The largest absolute Gasteiger partial charge is 0.378 e. The van der Waals surface area contributed by atoms with Crippen molar-refractivity contribution in [1.82, 2.24) is 15.2 Å². The van der Waals surface area contributed by atoms with E-state index >= 15 is 0 Å². The van der Waals surface area contributed by atoms with Crippen LogP contribution in [0.15, 0.2) is 30.3 Å². The molecule has 2 fully saturated rings. The van der Waals surface area contributed by atoms with E-state index in [1.807, 2.05) is 44.2 Å². The number of amides is 2. The average molecular weight is 379 g/mol. The Labute approximate surface area is 164 Å². The van der Waals surface area contributed by atoms with Crippen molar-refractivity contribution >= 4 is 22.7 Å². The Bertz CT molecular complexity index is 969. The molecule has 1 saturated heterocycles. The smallest absolute Gasteiger partial charge is 0.258 e. The van der Waals surface area contributed by atoms with Gasteiger partial charge in [-0.3, -0.25) is 14.5 Å². The Morgan fingerprint density at radius 1 is 1.29 bits per heavy atom. The van der Waals surface area contributed by atoms with Crippen LogP contribution in [0.3, 0.4) is 0 Å². The number of benzene rings is 1. The number of carbonyl (C=O) groups excluding carboxylic acids is 2. The molecule has 5 rings (SSSR count). The zero-order valence-electron chi connectivity index (χ0n) is 16.3. The van der Waals surface area contributed by atoms with Gasteiger partial charge in [0.2, 0.25) is 5.91 Å². The van der Waals surface area contributed by atoms with E-state index in [1.54, 1.807) is 4.90 Å². The molecule has 28 heavy (non-hydrogen) atoms. The van der Waals surface area contributed by atoms with Crippen molar-refractivity contribution in [2.45, 2.75) is 57.3 Å². The first-order chi connectivity index (χ1) is 13.5. The lowest BCUT2D eigenvalue weighted by Crippen LogP contribution is -2.54. The van der Waals surface area contributed by atoms with Crippen LogP contribution in [0.1, 0.15) is 61.7 Å². The highest BCUT2D eigenvalue weighted by Crippen LogP contribution is 2.45. The number of nitrogens with one attached hydrogen (secondary N) is 1. The van der Waals surface area contributed by atoms with Crippen molar-refractivity contribution in [1.29, 1.82) is 0 Å². The predicted molar refractivity (Wildman–Crippen MR) is 105 cm³/mol. The molecule has 0 bridgehead atoms. The summed E-state index contributed by atoms with van der Waals surface area (Å²) in [5.41, 5.74) is 1.10. The maximum atomic E-state index is 13.3. The summed E-state index contributed by atoms with van der Waals surface area (Å²) in [6.45, 7) is 4.32. The van der Waals surface area contributed by atoms with E-state index in [9.17, 15) is 9.59 Å². The van der Waals surface area contributed by atoms with E-state index in [2.05, 4.69) is 5.32 Å². The summed E-state index contributed by atoms with van der Waals surface area (Å²) in [6, 6.07) is 9.64. The van der Waals surface area contributed by atoms with Gasteiger partial charge >= 0.3 is 0 Å². The number of pyridine rings is 1. The lowest BCUT2D eigenvalue weighted by atomic mass is 9.86. The zero-order valence-corrected chi connectivity index (χ0v) is 16.3. The van der Waals surface area contributed by atoms with Crippen molar-refractivity contribution in [3.05, 3.63) is 41.6 Å². The van der Waals surface area contributed by atoms with E-state index in [4.69, 9.17) is 9.72 Å². The van der Waals surface area contributed by atoms with Crippen LogP contribution < -0.4 is 5.32 Å². The van der Waals surface area contributed by atoms with Gasteiger partial charge in [-0.25, -0.2) is 4.98 Å². The molecule has 3 heterocycles. The first-order valence-electron chi connectivity index (χ1n) is 10.2. The van der Waals surface area contributed by atoms with Crippen LogP contribution in [-0.2, 0) is 9.53 Å². The van der Waals surface area contributed by atoms with Crippen molar-refractivity contribution in [2.24, 2.45) is 5.92 Å². The zero-order chi connectivity index (χ0) is 19.5. The Balaban J connectivity index is 1.47. The fourth-order valence-corrected chi connectivity index (χ4v) is 4.83. The molecule has 3 atom stereocenters. The highest BCUT2D eigenvalue weighted by molar-refractivity contribution is 6.07. The van der Waals surface area contributed by atoms with Crippen LogP contribution in [0.4, 0.5) is 0 Å². The lowest BCUT2D eigenvalue weighted by Gasteiger charge is -2.36. The first-order valence-corrected chi connectivity index (χ1v) is 10.2. The molecule has 6 nitrogen and oxygen atoms in total. The van der Waals surface area contributed by atoms with Gasteiger partial charge < -0.3 is 10.1 Å². The molecular weight excluding hydrogens is 354 g/mol. The number of rotatable bonds is 4. The molecule has 0 radical (unpaired) electrons. The van der Waals surface area contributed by atoms with Crippen molar-refractivity contribution in [3.63, 3.8) is 0 Å². The third-order valence-corrected chi connectivity index (χ3v) is 6.79. The second kappa shape index (κ2) is 6.27. The summed E-state index contributed by atoms with van der Waals surface area (Å²) >= 11 is 0. The fourth-order valence-electron chi connectivity index (χ4n) is 4.83. The number of fused-ring (bicyclic) bond motifs is 4. The summed E-state index contributed by atoms with van der Waals surface area (Å²) in [7, 11) is 0. The molecule has 2 amide bonds. The van der Waals surface area contributed by atoms with E-state index in [0.29, 0.717) is 17.9 Å². The third kappa shape index (κ3) is 2.40. The Morgan fingerprint density at radius 2 is 2.04 bits per heavy atom. The Morgan fingerprint density at radius 3 is 2.82 bits per heavy atom. The van der Waals surface area contributed by atoms with Gasteiger partial charge in [0.15, 0.2) is 0 Å². The SMILES string of the molecule is CC(COC1CCCC1)C1(C)C(=O)NC2c3nc4ccccc4cc3C(=O)N21. The lowest BCUT2D eigenvalue weighted by molar-refractivity contribution is -0.129. The van der Waals surface area contributed by atoms with Gasteiger partial charge in [0.1, 0.15) is 11.7 Å². The van der Waals surface area contributed by atoms with E-state index in [1.165, 1.54) is 12.8 Å². The summed E-state index contributed by atoms with van der Waals surface area (Å²) in [4.78, 5) is 32.7. The Kier molecular flexibility index (Phi) is 3.95. The van der Waals surface area contributed by atoms with Gasteiger partial charge in [0, 0.05) is 11.3 Å². The minimum absolute atomic E-state index is 0.120. The standard InChI is InChI=1S/C22H25N3O3/c1-13(12-28-15-8-4-5-9-15)22(2)21(27)24-19-18-16(20(26)25(19)22)11-14-7-3-6-10-17(14)23-18/h3,6-7,10-11,13,15,19H,4-5,8-9,12H2,1-2H3,(H,24,27). The van der Waals surface area contributed by atoms with Gasteiger partial charge in [-0.05, 0) is 31.9 Å².